The third kappa shape index (κ3) is 6.64. The van der Waals surface area contributed by atoms with E-state index in [0.717, 1.165) is 0 Å². The lowest BCUT2D eigenvalue weighted by atomic mass is 11.6. The van der Waals surface area contributed by atoms with Crippen molar-refractivity contribution in [3.8, 4) is 0 Å². The molecule has 0 aromatic heterocycles. The molecule has 0 aliphatic carbocycles. The fraction of sp³-hybridized carbons (Fsp3) is 1.00. The summed E-state index contributed by atoms with van der Waals surface area (Å²) >= 11 is 0. The topological polar surface area (TPSA) is 97.7 Å². The van der Waals surface area contributed by atoms with E-state index in [-0.39, 0.29) is 0 Å². The third-order valence-electron chi connectivity index (χ3n) is 0.795. The monoisotopic (exact) mass is 314 g/mol. The standard InChI is InChI=1S/C2H3F3O3S.CHF3O3S/c1-8-9(6,7)2(3,4)5;2-1(3,4)8(5,6)7/h1H3;(H,5,6,7). The highest BCUT2D eigenvalue weighted by molar-refractivity contribution is 7.87. The summed E-state index contributed by atoms with van der Waals surface area (Å²) in [6.07, 6.45) is 0. The molecule has 0 amide bonds. The Morgan fingerprint density at radius 2 is 1.12 bits per heavy atom. The predicted molar refractivity (Wildman–Crippen MR) is 39.6 cm³/mol. The van der Waals surface area contributed by atoms with Crippen LogP contribution in [0.25, 0.3) is 0 Å². The van der Waals surface area contributed by atoms with E-state index in [1.54, 1.807) is 0 Å². The molecule has 1 N–H and O–H groups in total. The van der Waals surface area contributed by atoms with Gasteiger partial charge in [-0.25, -0.2) is 0 Å². The molecule has 0 heterocycles. The van der Waals surface area contributed by atoms with E-state index >= 15 is 0 Å². The zero-order valence-corrected chi connectivity index (χ0v) is 9.21. The Morgan fingerprint density at radius 3 is 1.12 bits per heavy atom. The lowest BCUT2D eigenvalue weighted by Gasteiger charge is -2.02. The maximum absolute atomic E-state index is 11.1. The summed E-state index contributed by atoms with van der Waals surface area (Å²) in [6, 6.07) is 0. The molecule has 0 rings (SSSR count). The molecule has 0 radical (unpaired) electrons. The Labute approximate surface area is 91.0 Å². The molecule has 0 aliphatic heterocycles. The fourth-order valence-corrected chi connectivity index (χ4v) is 0.283. The maximum atomic E-state index is 11.1. The first-order chi connectivity index (χ1) is 7.06. The summed E-state index contributed by atoms with van der Waals surface area (Å²) in [4.78, 5) is 0. The summed E-state index contributed by atoms with van der Waals surface area (Å²) in [6.45, 7) is 0. The molecule has 0 saturated heterocycles. The first-order valence-electron chi connectivity index (χ1n) is 2.97. The summed E-state index contributed by atoms with van der Waals surface area (Å²) in [7, 11) is -10.7. The molecule has 0 saturated carbocycles. The van der Waals surface area contributed by atoms with Crippen LogP contribution in [0, 0.1) is 0 Å². The molecule has 0 aromatic rings. The zero-order chi connectivity index (χ0) is 14.7. The van der Waals surface area contributed by atoms with Crippen molar-refractivity contribution in [1.29, 1.82) is 0 Å². The molecule has 6 nitrogen and oxygen atoms in total. The number of hydrogen-bond donors (Lipinski definition) is 1. The van der Waals surface area contributed by atoms with Crippen molar-refractivity contribution in [2.45, 2.75) is 11.0 Å². The first kappa shape index (κ1) is 18.8. The fourth-order valence-electron chi connectivity index (χ4n) is 0.0945. The van der Waals surface area contributed by atoms with Gasteiger partial charge in [0.25, 0.3) is 0 Å². The minimum Gasteiger partial charge on any atom is -0.279 e. The van der Waals surface area contributed by atoms with E-state index in [1.807, 2.05) is 0 Å². The SMILES string of the molecule is COS(=O)(=O)C(F)(F)F.O=S(=O)(O)C(F)(F)F. The molecular weight excluding hydrogens is 310 g/mol. The van der Waals surface area contributed by atoms with E-state index in [4.69, 9.17) is 13.0 Å². The molecule has 0 unspecified atom stereocenters. The van der Waals surface area contributed by atoms with Gasteiger partial charge in [0.1, 0.15) is 0 Å². The average Bonchev–Trinajstić information content (AvgIpc) is 1.99. The van der Waals surface area contributed by atoms with Crippen molar-refractivity contribution in [3.63, 3.8) is 0 Å². The number of halogens is 6. The molecule has 0 aromatic carbocycles. The molecule has 0 spiro atoms. The van der Waals surface area contributed by atoms with Crippen LogP contribution in [0.3, 0.4) is 0 Å². The van der Waals surface area contributed by atoms with Gasteiger partial charge in [-0.15, -0.1) is 0 Å². The van der Waals surface area contributed by atoms with Crippen LogP contribution in [0.1, 0.15) is 0 Å². The van der Waals surface area contributed by atoms with Crippen molar-refractivity contribution < 1.29 is 51.9 Å². The quantitative estimate of drug-likeness (QED) is 0.334. The van der Waals surface area contributed by atoms with E-state index in [2.05, 4.69) is 4.18 Å². The number of alkyl halides is 6. The van der Waals surface area contributed by atoms with Crippen LogP contribution >= 0.6 is 0 Å². The van der Waals surface area contributed by atoms with Crippen LogP contribution in [0.4, 0.5) is 26.3 Å². The predicted octanol–water partition coefficient (Wildman–Crippen LogP) is 0.876. The van der Waals surface area contributed by atoms with E-state index < -0.39 is 31.3 Å². The maximum Gasteiger partial charge on any atom is 0.523 e. The van der Waals surface area contributed by atoms with Crippen LogP contribution in [0.2, 0.25) is 0 Å². The van der Waals surface area contributed by atoms with Crippen LogP contribution < -0.4 is 0 Å². The van der Waals surface area contributed by atoms with Crippen molar-refractivity contribution >= 4 is 20.2 Å². The Bertz CT molecular complexity index is 427. The summed E-state index contributed by atoms with van der Waals surface area (Å²) in [5, 5.41) is 0. The summed E-state index contributed by atoms with van der Waals surface area (Å²) in [5.41, 5.74) is -10.8. The van der Waals surface area contributed by atoms with Crippen molar-refractivity contribution in [2.24, 2.45) is 0 Å². The summed E-state index contributed by atoms with van der Waals surface area (Å²) < 4.78 is 113. The van der Waals surface area contributed by atoms with Crippen LogP contribution in [-0.2, 0) is 24.4 Å². The van der Waals surface area contributed by atoms with Gasteiger partial charge in [-0.1, -0.05) is 0 Å². The van der Waals surface area contributed by atoms with Gasteiger partial charge >= 0.3 is 31.3 Å². The average molecular weight is 314 g/mol. The highest BCUT2D eigenvalue weighted by Crippen LogP contribution is 2.23. The number of rotatable bonds is 1. The van der Waals surface area contributed by atoms with E-state index in [0.29, 0.717) is 7.11 Å². The molecule has 0 aliphatic rings. The lowest BCUT2D eigenvalue weighted by Crippen LogP contribution is -2.23. The number of hydrogen-bond acceptors (Lipinski definition) is 5. The highest BCUT2D eigenvalue weighted by atomic mass is 32.2. The Hall–Kier alpha value is -0.600. The molecular formula is C3H4F6O6S2. The van der Waals surface area contributed by atoms with Gasteiger partial charge in [0, 0.05) is 0 Å². The molecule has 17 heavy (non-hydrogen) atoms. The van der Waals surface area contributed by atoms with Gasteiger partial charge in [0.2, 0.25) is 0 Å². The van der Waals surface area contributed by atoms with Crippen molar-refractivity contribution in [1.82, 2.24) is 0 Å². The first-order valence-corrected chi connectivity index (χ1v) is 5.81. The second-order valence-electron chi connectivity index (χ2n) is 1.99. The highest BCUT2D eigenvalue weighted by Gasteiger charge is 2.46. The van der Waals surface area contributed by atoms with E-state index in [9.17, 15) is 34.8 Å². The van der Waals surface area contributed by atoms with Gasteiger partial charge in [0.05, 0.1) is 7.11 Å². The minimum atomic E-state index is -5.84. The van der Waals surface area contributed by atoms with Crippen LogP contribution in [0.15, 0.2) is 0 Å². The molecule has 0 atom stereocenters. The Kier molecular flexibility index (Phi) is 5.92. The van der Waals surface area contributed by atoms with E-state index in [1.165, 1.54) is 0 Å². The van der Waals surface area contributed by atoms with Crippen LogP contribution in [0.5, 0.6) is 0 Å². The van der Waals surface area contributed by atoms with Gasteiger partial charge in [0.15, 0.2) is 0 Å². The third-order valence-corrected chi connectivity index (χ3v) is 2.39. The van der Waals surface area contributed by atoms with Gasteiger partial charge in [-0.05, 0) is 0 Å². The van der Waals surface area contributed by atoms with Crippen molar-refractivity contribution in [3.05, 3.63) is 0 Å². The molecule has 0 fully saturated rings. The second-order valence-corrected chi connectivity index (χ2v) is 5.10. The molecule has 0 bridgehead atoms. The lowest BCUT2D eigenvalue weighted by molar-refractivity contribution is -0.0527. The second kappa shape index (κ2) is 5.36. The Morgan fingerprint density at radius 1 is 0.882 bits per heavy atom. The minimum absolute atomic E-state index is 0.447. The molecule has 106 valence electrons. The normalized spacial score (nSPS) is 13.9. The van der Waals surface area contributed by atoms with Gasteiger partial charge < -0.3 is 0 Å². The smallest absolute Gasteiger partial charge is 0.279 e. The Balaban J connectivity index is 0. The van der Waals surface area contributed by atoms with Crippen molar-refractivity contribution in [2.75, 3.05) is 7.11 Å². The molecule has 14 heteroatoms. The van der Waals surface area contributed by atoms with Gasteiger partial charge in [-0.3, -0.25) is 8.74 Å². The summed E-state index contributed by atoms with van der Waals surface area (Å²) in [5.74, 6) is 0. The zero-order valence-electron chi connectivity index (χ0n) is 7.57. The van der Waals surface area contributed by atoms with Gasteiger partial charge in [-0.2, -0.15) is 43.2 Å². The van der Waals surface area contributed by atoms with Crippen LogP contribution in [-0.4, -0.2) is 39.5 Å². The largest absolute Gasteiger partial charge is 0.523 e.